The minimum Gasteiger partial charge on any atom is -0.350 e. The normalized spacial score (nSPS) is 10.9. The number of rotatable bonds is 5. The Morgan fingerprint density at radius 1 is 1.33 bits per heavy atom. The van der Waals surface area contributed by atoms with Gasteiger partial charge in [0.2, 0.25) is 5.43 Å². The van der Waals surface area contributed by atoms with Gasteiger partial charge in [0, 0.05) is 32.5 Å². The van der Waals surface area contributed by atoms with Crippen molar-refractivity contribution >= 4 is 16.8 Å². The number of hydrogen-bond donors (Lipinski definition) is 1. The van der Waals surface area contributed by atoms with Crippen LogP contribution in [0.3, 0.4) is 0 Å². The number of carbonyl (C=O) groups is 1. The monoisotopic (exact) mass is 325 g/mol. The highest BCUT2D eigenvalue weighted by molar-refractivity contribution is 5.95. The maximum absolute atomic E-state index is 12.5. The van der Waals surface area contributed by atoms with Crippen LogP contribution in [0.25, 0.3) is 10.9 Å². The van der Waals surface area contributed by atoms with Gasteiger partial charge >= 0.3 is 0 Å². The lowest BCUT2D eigenvalue weighted by molar-refractivity contribution is 0.0945. The van der Waals surface area contributed by atoms with Gasteiger partial charge in [-0.15, -0.1) is 0 Å². The highest BCUT2D eigenvalue weighted by atomic mass is 16.2. The molecule has 0 atom stereocenters. The third kappa shape index (κ3) is 3.19. The number of aryl methyl sites for hydroxylation is 3. The molecular formula is C17H19N5O2. The first-order valence-corrected chi connectivity index (χ1v) is 7.78. The minimum absolute atomic E-state index is 0.0711. The van der Waals surface area contributed by atoms with Gasteiger partial charge in [0.15, 0.2) is 5.69 Å². The molecule has 2 aromatic heterocycles. The molecule has 1 N–H and O–H groups in total. The molecule has 24 heavy (non-hydrogen) atoms. The number of amides is 1. The summed E-state index contributed by atoms with van der Waals surface area (Å²) in [5.74, 6) is -0.440. The molecule has 0 aliphatic carbocycles. The van der Waals surface area contributed by atoms with Crippen molar-refractivity contribution in [2.45, 2.75) is 19.9 Å². The molecule has 0 saturated heterocycles. The predicted molar refractivity (Wildman–Crippen MR) is 90.9 cm³/mol. The Hall–Kier alpha value is -2.96. The van der Waals surface area contributed by atoms with E-state index < -0.39 is 5.91 Å². The van der Waals surface area contributed by atoms with Crippen molar-refractivity contribution in [1.82, 2.24) is 24.6 Å². The fourth-order valence-corrected chi connectivity index (χ4v) is 2.61. The topological polar surface area (TPSA) is 81.8 Å². The van der Waals surface area contributed by atoms with Gasteiger partial charge in [-0.1, -0.05) is 11.6 Å². The van der Waals surface area contributed by atoms with Crippen molar-refractivity contribution in [3.8, 4) is 0 Å². The standard InChI is InChI=1S/C17H19N5O2/c1-12-4-5-14-13(10-12)16(23)15(20-21(14)2)17(24)19-6-3-8-22-9-7-18-11-22/h4-5,7,9-11H,3,6,8H2,1-2H3,(H,19,24). The van der Waals surface area contributed by atoms with Crippen LogP contribution in [-0.2, 0) is 13.6 Å². The minimum atomic E-state index is -0.440. The van der Waals surface area contributed by atoms with E-state index in [2.05, 4.69) is 15.4 Å². The Labute approximate surface area is 138 Å². The smallest absolute Gasteiger partial charge is 0.275 e. The number of carbonyl (C=O) groups excluding carboxylic acids is 1. The molecule has 0 saturated carbocycles. The molecule has 2 heterocycles. The first kappa shape index (κ1) is 15.9. The lowest BCUT2D eigenvalue weighted by Gasteiger charge is -2.09. The van der Waals surface area contributed by atoms with E-state index in [4.69, 9.17) is 0 Å². The van der Waals surface area contributed by atoms with Crippen molar-refractivity contribution < 1.29 is 4.79 Å². The summed E-state index contributed by atoms with van der Waals surface area (Å²) in [6, 6.07) is 5.54. The van der Waals surface area contributed by atoms with Gasteiger partial charge in [-0.05, 0) is 25.5 Å². The van der Waals surface area contributed by atoms with Gasteiger partial charge in [-0.2, -0.15) is 5.10 Å². The Bertz CT molecular complexity index is 928. The van der Waals surface area contributed by atoms with Crippen LogP contribution in [0.15, 0.2) is 41.7 Å². The number of fused-ring (bicyclic) bond motifs is 1. The maximum Gasteiger partial charge on any atom is 0.275 e. The van der Waals surface area contributed by atoms with Crippen molar-refractivity contribution in [1.29, 1.82) is 0 Å². The number of benzene rings is 1. The molecule has 1 aromatic carbocycles. The zero-order valence-corrected chi connectivity index (χ0v) is 13.7. The van der Waals surface area contributed by atoms with E-state index in [9.17, 15) is 9.59 Å². The van der Waals surface area contributed by atoms with Crippen LogP contribution >= 0.6 is 0 Å². The second-order valence-corrected chi connectivity index (χ2v) is 5.73. The largest absolute Gasteiger partial charge is 0.350 e. The number of hydrogen-bond acceptors (Lipinski definition) is 4. The molecule has 0 radical (unpaired) electrons. The third-order valence-corrected chi connectivity index (χ3v) is 3.86. The van der Waals surface area contributed by atoms with Crippen LogP contribution in [-0.4, -0.2) is 31.8 Å². The van der Waals surface area contributed by atoms with E-state index in [1.165, 1.54) is 0 Å². The lowest BCUT2D eigenvalue weighted by Crippen LogP contribution is -2.32. The highest BCUT2D eigenvalue weighted by Crippen LogP contribution is 2.11. The molecule has 0 spiro atoms. The molecule has 0 aliphatic heterocycles. The Morgan fingerprint density at radius 2 is 2.17 bits per heavy atom. The van der Waals surface area contributed by atoms with Gasteiger partial charge in [-0.3, -0.25) is 14.3 Å². The quantitative estimate of drug-likeness (QED) is 0.716. The van der Waals surface area contributed by atoms with E-state index in [-0.39, 0.29) is 11.1 Å². The van der Waals surface area contributed by atoms with E-state index >= 15 is 0 Å². The lowest BCUT2D eigenvalue weighted by atomic mass is 10.1. The summed E-state index contributed by atoms with van der Waals surface area (Å²) >= 11 is 0. The van der Waals surface area contributed by atoms with Crippen molar-refractivity contribution in [3.63, 3.8) is 0 Å². The predicted octanol–water partition coefficient (Wildman–Crippen LogP) is 1.26. The molecule has 124 valence electrons. The first-order valence-electron chi connectivity index (χ1n) is 7.78. The van der Waals surface area contributed by atoms with Gasteiger partial charge in [0.25, 0.3) is 5.91 Å². The van der Waals surface area contributed by atoms with Gasteiger partial charge < -0.3 is 9.88 Å². The second kappa shape index (κ2) is 6.66. The molecule has 0 unspecified atom stereocenters. The zero-order valence-electron chi connectivity index (χ0n) is 13.7. The van der Waals surface area contributed by atoms with Crippen molar-refractivity contribution in [3.05, 3.63) is 58.4 Å². The van der Waals surface area contributed by atoms with Crippen LogP contribution < -0.4 is 10.7 Å². The van der Waals surface area contributed by atoms with E-state index in [0.717, 1.165) is 18.5 Å². The summed E-state index contributed by atoms with van der Waals surface area (Å²) < 4.78 is 3.50. The Morgan fingerprint density at radius 3 is 2.92 bits per heavy atom. The molecule has 7 heteroatoms. The van der Waals surface area contributed by atoms with Crippen LogP contribution in [0, 0.1) is 6.92 Å². The maximum atomic E-state index is 12.5. The fraction of sp³-hybridized carbons (Fsp3) is 0.294. The second-order valence-electron chi connectivity index (χ2n) is 5.73. The molecule has 0 bridgehead atoms. The number of imidazole rings is 1. The number of nitrogens with one attached hydrogen (secondary N) is 1. The number of aromatic nitrogens is 4. The highest BCUT2D eigenvalue weighted by Gasteiger charge is 2.16. The molecule has 0 fully saturated rings. The average Bonchev–Trinajstić information content (AvgIpc) is 3.08. The van der Waals surface area contributed by atoms with E-state index in [1.807, 2.05) is 29.8 Å². The zero-order chi connectivity index (χ0) is 17.1. The summed E-state index contributed by atoms with van der Waals surface area (Å²) in [5, 5.41) is 7.41. The molecule has 1 amide bonds. The van der Waals surface area contributed by atoms with E-state index in [1.54, 1.807) is 30.3 Å². The summed E-state index contributed by atoms with van der Waals surface area (Å²) in [5.41, 5.74) is 1.27. The van der Waals surface area contributed by atoms with Crippen LogP contribution in [0.1, 0.15) is 22.5 Å². The molecule has 7 nitrogen and oxygen atoms in total. The SMILES string of the molecule is Cc1ccc2c(c1)c(=O)c(C(=O)NCCCn1ccnc1)nn2C. The first-order chi connectivity index (χ1) is 11.6. The Balaban J connectivity index is 1.75. The van der Waals surface area contributed by atoms with Gasteiger partial charge in [0.1, 0.15) is 0 Å². The van der Waals surface area contributed by atoms with Crippen molar-refractivity contribution in [2.75, 3.05) is 6.54 Å². The summed E-state index contributed by atoms with van der Waals surface area (Å²) in [6.45, 7) is 3.13. The molecular weight excluding hydrogens is 306 g/mol. The van der Waals surface area contributed by atoms with Crippen LogP contribution in [0.5, 0.6) is 0 Å². The van der Waals surface area contributed by atoms with Gasteiger partial charge in [-0.25, -0.2) is 4.98 Å². The number of nitrogens with zero attached hydrogens (tertiary/aromatic N) is 4. The summed E-state index contributed by atoms with van der Waals surface area (Å²) in [4.78, 5) is 28.8. The van der Waals surface area contributed by atoms with Crippen LogP contribution in [0.2, 0.25) is 0 Å². The summed E-state index contributed by atoms with van der Waals surface area (Å²) in [6.07, 6.45) is 6.05. The molecule has 0 aliphatic rings. The van der Waals surface area contributed by atoms with Crippen molar-refractivity contribution in [2.24, 2.45) is 7.05 Å². The fourth-order valence-electron chi connectivity index (χ4n) is 2.61. The van der Waals surface area contributed by atoms with E-state index in [0.29, 0.717) is 17.4 Å². The van der Waals surface area contributed by atoms with Gasteiger partial charge in [0.05, 0.1) is 17.2 Å². The molecule has 3 aromatic rings. The summed E-state index contributed by atoms with van der Waals surface area (Å²) in [7, 11) is 1.73. The molecule has 3 rings (SSSR count). The third-order valence-electron chi connectivity index (χ3n) is 3.86. The van der Waals surface area contributed by atoms with Crippen LogP contribution in [0.4, 0.5) is 0 Å². The average molecular weight is 325 g/mol. The Kier molecular flexibility index (Phi) is 4.41.